The molecule has 1 aliphatic heterocycles. The molecule has 0 spiro atoms. The van der Waals surface area contributed by atoms with Crippen molar-refractivity contribution in [2.75, 3.05) is 25.3 Å². The number of amides is 2. The molecule has 2 aromatic rings. The summed E-state index contributed by atoms with van der Waals surface area (Å²) in [5.41, 5.74) is 1.03. The average molecular weight is 642 g/mol. The van der Waals surface area contributed by atoms with Gasteiger partial charge in [0.2, 0.25) is 0 Å². The second-order valence-electron chi connectivity index (χ2n) is 11.4. The third-order valence-corrected chi connectivity index (χ3v) is 9.13. The minimum Gasteiger partial charge on any atom is -0.491 e. The van der Waals surface area contributed by atoms with Crippen LogP contribution in [0.25, 0.3) is 0 Å². The average Bonchev–Trinajstić information content (AvgIpc) is 3.26. The fraction of sp³-hybridized carbons (Fsp3) is 0.344. The number of hydrazine groups is 1. The quantitative estimate of drug-likeness (QED) is 0.276. The summed E-state index contributed by atoms with van der Waals surface area (Å²) in [6.45, 7) is 1.47. The highest BCUT2D eigenvalue weighted by atomic mass is 35.5. The van der Waals surface area contributed by atoms with Crippen molar-refractivity contribution in [3.05, 3.63) is 87.1 Å². The van der Waals surface area contributed by atoms with Crippen LogP contribution in [0.2, 0.25) is 5.02 Å². The van der Waals surface area contributed by atoms with Gasteiger partial charge in [-0.15, -0.1) is 0 Å². The van der Waals surface area contributed by atoms with Gasteiger partial charge in [-0.2, -0.15) is 18.2 Å². The van der Waals surface area contributed by atoms with Gasteiger partial charge < -0.3 is 9.84 Å². The number of pyridine rings is 1. The number of benzene rings is 1. The highest BCUT2D eigenvalue weighted by Gasteiger charge is 2.57. The van der Waals surface area contributed by atoms with Gasteiger partial charge in [-0.05, 0) is 61.6 Å². The van der Waals surface area contributed by atoms with Crippen molar-refractivity contribution in [2.45, 2.75) is 31.9 Å². The van der Waals surface area contributed by atoms with Crippen LogP contribution in [0.4, 0.5) is 19.0 Å². The Morgan fingerprint density at radius 1 is 1.07 bits per heavy atom. The van der Waals surface area contributed by atoms with E-state index in [1.165, 1.54) is 13.1 Å². The summed E-state index contributed by atoms with van der Waals surface area (Å²) in [5, 5.41) is 10.6. The van der Waals surface area contributed by atoms with E-state index >= 15 is 0 Å². The Labute approximate surface area is 260 Å². The van der Waals surface area contributed by atoms with Crippen LogP contribution < -0.4 is 9.75 Å². The van der Waals surface area contributed by atoms with Crippen molar-refractivity contribution < 1.29 is 42.2 Å². The van der Waals surface area contributed by atoms with Crippen LogP contribution in [0.15, 0.2) is 70.8 Å². The number of allylic oxidation sites excluding steroid dienone is 6. The summed E-state index contributed by atoms with van der Waals surface area (Å²) in [5.74, 6) is -4.93. The molecule has 13 heteroatoms. The van der Waals surface area contributed by atoms with Crippen LogP contribution in [0.1, 0.15) is 36.9 Å². The molecule has 0 saturated carbocycles. The summed E-state index contributed by atoms with van der Waals surface area (Å²) in [4.78, 5) is 58.3. The van der Waals surface area contributed by atoms with Crippen LogP contribution >= 0.6 is 11.6 Å². The molecular formula is C32H27ClF3N3O6. The molecular weight excluding hydrogens is 615 g/mol. The molecule has 1 aromatic carbocycles. The van der Waals surface area contributed by atoms with Crippen LogP contribution in [0.3, 0.4) is 0 Å². The number of ether oxygens (including phenoxy) is 1. The van der Waals surface area contributed by atoms with Crippen molar-refractivity contribution in [1.82, 2.24) is 9.99 Å². The number of imide groups is 1. The van der Waals surface area contributed by atoms with E-state index in [1.54, 1.807) is 31.2 Å². The number of hydrogen-bond donors (Lipinski definition) is 1. The number of ketones is 2. The molecule has 1 saturated heterocycles. The van der Waals surface area contributed by atoms with E-state index in [0.717, 1.165) is 16.1 Å². The fourth-order valence-electron chi connectivity index (χ4n) is 6.87. The minimum atomic E-state index is -4.78. The number of carbonyl (C=O) groups is 4. The number of carbonyl (C=O) groups excluding carboxylic acids is 4. The molecule has 6 rings (SSSR count). The van der Waals surface area contributed by atoms with E-state index in [4.69, 9.17) is 21.4 Å². The van der Waals surface area contributed by atoms with E-state index in [2.05, 4.69) is 4.98 Å². The SMILES string of the molecule is CC1=CC(=O)C2=C(C[C@@H]3C(=CC[C@@H]4C(=O)N(N(C)c5nc(C(F)(F)F)ccc5Cl)C(=O)[C@@H]43)[C@@H]2c2ccc(OCCO)cc2)C1=O. The van der Waals surface area contributed by atoms with E-state index < -0.39 is 53.2 Å². The molecule has 2 amide bonds. The maximum absolute atomic E-state index is 14.1. The Kier molecular flexibility index (Phi) is 7.68. The largest absolute Gasteiger partial charge is 0.491 e. The van der Waals surface area contributed by atoms with Crippen molar-refractivity contribution in [2.24, 2.45) is 17.8 Å². The summed E-state index contributed by atoms with van der Waals surface area (Å²) in [6.07, 6.45) is -1.45. The zero-order valence-corrected chi connectivity index (χ0v) is 24.9. The number of Topliss-reactive ketones (excluding diaryl/α,β-unsaturated/α-hetero) is 1. The summed E-state index contributed by atoms with van der Waals surface area (Å²) in [7, 11) is 1.25. The third-order valence-electron chi connectivity index (χ3n) is 8.84. The number of nitrogens with zero attached hydrogens (tertiary/aromatic N) is 3. The Morgan fingerprint density at radius 3 is 2.44 bits per heavy atom. The number of aliphatic hydroxyl groups is 1. The topological polar surface area (TPSA) is 117 Å². The molecule has 0 bridgehead atoms. The molecule has 234 valence electrons. The number of aromatic nitrogens is 1. The van der Waals surface area contributed by atoms with Gasteiger partial charge >= 0.3 is 6.18 Å². The number of halogens is 4. The monoisotopic (exact) mass is 641 g/mol. The van der Waals surface area contributed by atoms with E-state index in [9.17, 15) is 32.3 Å². The van der Waals surface area contributed by atoms with Gasteiger partial charge in [0, 0.05) is 29.7 Å². The molecule has 9 nitrogen and oxygen atoms in total. The first-order chi connectivity index (χ1) is 21.3. The minimum absolute atomic E-state index is 0.0470. The number of fused-ring (bicyclic) bond motifs is 3. The lowest BCUT2D eigenvalue weighted by Gasteiger charge is -2.42. The Morgan fingerprint density at radius 2 is 1.78 bits per heavy atom. The third kappa shape index (κ3) is 5.05. The normalized spacial score (nSPS) is 24.6. The molecule has 1 aromatic heterocycles. The first-order valence-electron chi connectivity index (χ1n) is 14.2. The molecule has 45 heavy (non-hydrogen) atoms. The first-order valence-corrected chi connectivity index (χ1v) is 14.6. The highest BCUT2D eigenvalue weighted by molar-refractivity contribution is 6.33. The molecule has 3 aliphatic carbocycles. The number of rotatable bonds is 6. The highest BCUT2D eigenvalue weighted by Crippen LogP contribution is 2.55. The van der Waals surface area contributed by atoms with Crippen LogP contribution in [0, 0.1) is 17.8 Å². The maximum Gasteiger partial charge on any atom is 0.433 e. The van der Waals surface area contributed by atoms with Gasteiger partial charge in [-0.3, -0.25) is 24.2 Å². The number of anilines is 1. The smallest absolute Gasteiger partial charge is 0.433 e. The van der Waals surface area contributed by atoms with Crippen molar-refractivity contribution in [3.8, 4) is 5.75 Å². The second-order valence-corrected chi connectivity index (χ2v) is 11.8. The first kappa shape index (κ1) is 30.7. The number of hydrogen-bond acceptors (Lipinski definition) is 8. The Bertz CT molecular complexity index is 1730. The lowest BCUT2D eigenvalue weighted by molar-refractivity contribution is -0.141. The van der Waals surface area contributed by atoms with Gasteiger partial charge in [-0.25, -0.2) is 4.98 Å². The van der Waals surface area contributed by atoms with Crippen LogP contribution in [-0.4, -0.2) is 58.7 Å². The van der Waals surface area contributed by atoms with Crippen molar-refractivity contribution in [1.29, 1.82) is 0 Å². The number of alkyl halides is 3. The van der Waals surface area contributed by atoms with Crippen LogP contribution in [-0.2, 0) is 25.4 Å². The van der Waals surface area contributed by atoms with E-state index in [0.29, 0.717) is 28.5 Å². The molecule has 2 heterocycles. The standard InChI is InChI=1S/C32H27ClF3N3O6/c1-15-13-23(41)27-21(28(15)42)14-20-18(25(27)16-3-5-17(6-4-16)45-12-11-40)7-8-19-26(20)31(44)39(30(19)43)38(2)29-22(33)9-10-24(37-29)32(34,35)36/h3-7,9-10,13,19-20,25-26,40H,8,11-12,14H2,1-2H3/t19-,20+,25-,26-/m0/s1. The van der Waals surface area contributed by atoms with E-state index in [1.807, 2.05) is 6.08 Å². The Hall–Kier alpha value is -4.29. The van der Waals surface area contributed by atoms with Gasteiger partial charge in [0.15, 0.2) is 17.4 Å². The maximum atomic E-state index is 14.1. The summed E-state index contributed by atoms with van der Waals surface area (Å²) < 4.78 is 45.8. The summed E-state index contributed by atoms with van der Waals surface area (Å²) >= 11 is 6.19. The van der Waals surface area contributed by atoms with Gasteiger partial charge in [-0.1, -0.05) is 35.4 Å². The van der Waals surface area contributed by atoms with Crippen molar-refractivity contribution in [3.63, 3.8) is 0 Å². The number of aliphatic hydroxyl groups excluding tert-OH is 1. The molecule has 4 aliphatic rings. The van der Waals surface area contributed by atoms with Crippen LogP contribution in [0.5, 0.6) is 5.75 Å². The second kappa shape index (κ2) is 11.3. The van der Waals surface area contributed by atoms with Gasteiger partial charge in [0.05, 0.1) is 23.5 Å². The van der Waals surface area contributed by atoms with Gasteiger partial charge in [0.1, 0.15) is 18.1 Å². The lowest BCUT2D eigenvalue weighted by Crippen LogP contribution is -2.46. The zero-order valence-electron chi connectivity index (χ0n) is 24.1. The predicted molar refractivity (Wildman–Crippen MR) is 155 cm³/mol. The molecule has 1 fully saturated rings. The predicted octanol–water partition coefficient (Wildman–Crippen LogP) is 4.61. The Balaban J connectivity index is 1.40. The fourth-order valence-corrected chi connectivity index (χ4v) is 7.10. The van der Waals surface area contributed by atoms with Crippen molar-refractivity contribution >= 4 is 40.8 Å². The van der Waals surface area contributed by atoms with Gasteiger partial charge in [0.25, 0.3) is 11.8 Å². The zero-order chi connectivity index (χ0) is 32.4. The molecule has 1 N–H and O–H groups in total. The van der Waals surface area contributed by atoms with E-state index in [-0.39, 0.29) is 53.8 Å². The lowest BCUT2D eigenvalue weighted by atomic mass is 9.59. The molecule has 0 unspecified atom stereocenters. The molecule has 0 radical (unpaired) electrons. The summed E-state index contributed by atoms with van der Waals surface area (Å²) in [6, 6.07) is 8.59. The molecule has 4 atom stereocenters.